The number of morpholine rings is 1. The molecule has 23 heavy (non-hydrogen) atoms. The molecule has 0 aromatic heterocycles. The number of hydrogen-bond acceptors (Lipinski definition) is 3. The minimum absolute atomic E-state index is 0. The van der Waals surface area contributed by atoms with E-state index in [0.717, 1.165) is 57.8 Å². The molecule has 0 saturated carbocycles. The molecule has 2 aliphatic heterocycles. The number of rotatable bonds is 4. The van der Waals surface area contributed by atoms with Gasteiger partial charge in [-0.15, -0.1) is 24.0 Å². The molecule has 2 atom stereocenters. The second-order valence-electron chi connectivity index (χ2n) is 7.27. The summed E-state index contributed by atoms with van der Waals surface area (Å²) in [4.78, 5) is 9.37. The van der Waals surface area contributed by atoms with Crippen LogP contribution in [0, 0.1) is 11.8 Å². The van der Waals surface area contributed by atoms with Crippen LogP contribution in [0.3, 0.4) is 0 Å². The Bertz CT molecular complexity index is 365. The second-order valence-corrected chi connectivity index (χ2v) is 7.27. The summed E-state index contributed by atoms with van der Waals surface area (Å²) >= 11 is 0. The van der Waals surface area contributed by atoms with Crippen molar-refractivity contribution in [1.82, 2.24) is 15.1 Å². The summed E-state index contributed by atoms with van der Waals surface area (Å²) in [6.07, 6.45) is 2.87. The number of ether oxygens (including phenoxy) is 1. The van der Waals surface area contributed by atoms with E-state index in [4.69, 9.17) is 4.74 Å². The zero-order valence-corrected chi connectivity index (χ0v) is 17.6. The fourth-order valence-corrected chi connectivity index (χ4v) is 3.51. The Hall–Kier alpha value is -0.0800. The van der Waals surface area contributed by atoms with Crippen LogP contribution in [-0.4, -0.2) is 74.8 Å². The number of aliphatic imine (C=N–C) groups is 1. The molecule has 0 amide bonds. The SMILES string of the molecule is CN=C(NCC1CN(CC(C)C)CCO1)N1CCCC(C)C1.I. The van der Waals surface area contributed by atoms with Gasteiger partial charge >= 0.3 is 0 Å². The second kappa shape index (κ2) is 10.7. The third kappa shape index (κ3) is 7.13. The van der Waals surface area contributed by atoms with E-state index in [1.807, 2.05) is 7.05 Å². The maximum Gasteiger partial charge on any atom is 0.193 e. The van der Waals surface area contributed by atoms with Crippen LogP contribution >= 0.6 is 24.0 Å². The molecule has 0 aromatic rings. The van der Waals surface area contributed by atoms with Crippen LogP contribution in [0.1, 0.15) is 33.6 Å². The lowest BCUT2D eigenvalue weighted by atomic mass is 10.0. The van der Waals surface area contributed by atoms with Crippen LogP contribution in [0.2, 0.25) is 0 Å². The van der Waals surface area contributed by atoms with Crippen molar-refractivity contribution in [3.05, 3.63) is 0 Å². The molecular formula is C17H35IN4O. The maximum absolute atomic E-state index is 5.92. The summed E-state index contributed by atoms with van der Waals surface area (Å²) in [5, 5.41) is 3.53. The molecule has 5 nitrogen and oxygen atoms in total. The van der Waals surface area contributed by atoms with Crippen LogP contribution in [-0.2, 0) is 4.74 Å². The molecule has 6 heteroatoms. The molecule has 1 N–H and O–H groups in total. The van der Waals surface area contributed by atoms with Crippen molar-refractivity contribution in [2.75, 3.05) is 52.9 Å². The van der Waals surface area contributed by atoms with Gasteiger partial charge in [-0.1, -0.05) is 20.8 Å². The minimum Gasteiger partial charge on any atom is -0.374 e. The number of guanidine groups is 1. The Morgan fingerprint density at radius 1 is 1.30 bits per heavy atom. The number of nitrogens with zero attached hydrogens (tertiary/aromatic N) is 3. The topological polar surface area (TPSA) is 40.1 Å². The number of hydrogen-bond donors (Lipinski definition) is 1. The van der Waals surface area contributed by atoms with Crippen molar-refractivity contribution in [2.24, 2.45) is 16.8 Å². The fraction of sp³-hybridized carbons (Fsp3) is 0.941. The first-order chi connectivity index (χ1) is 10.6. The molecule has 0 radical (unpaired) electrons. The van der Waals surface area contributed by atoms with Crippen LogP contribution < -0.4 is 5.32 Å². The lowest BCUT2D eigenvalue weighted by molar-refractivity contribution is -0.0287. The van der Waals surface area contributed by atoms with Crippen molar-refractivity contribution in [1.29, 1.82) is 0 Å². The van der Waals surface area contributed by atoms with Gasteiger partial charge in [-0.05, 0) is 24.7 Å². The molecule has 2 unspecified atom stereocenters. The molecular weight excluding hydrogens is 403 g/mol. The van der Waals surface area contributed by atoms with Gasteiger partial charge in [0.15, 0.2) is 5.96 Å². The summed E-state index contributed by atoms with van der Waals surface area (Å²) in [6.45, 7) is 14.1. The quantitative estimate of drug-likeness (QED) is 0.416. The van der Waals surface area contributed by atoms with Gasteiger partial charge in [-0.2, -0.15) is 0 Å². The number of likely N-dealkylation sites (tertiary alicyclic amines) is 1. The molecule has 2 rings (SSSR count). The lowest BCUT2D eigenvalue weighted by Crippen LogP contribution is -2.52. The van der Waals surface area contributed by atoms with Gasteiger partial charge in [0, 0.05) is 46.3 Å². The normalized spacial score (nSPS) is 27.0. The van der Waals surface area contributed by atoms with Crippen LogP contribution in [0.25, 0.3) is 0 Å². The molecule has 0 aliphatic carbocycles. The first-order valence-electron chi connectivity index (χ1n) is 8.88. The average molecular weight is 438 g/mol. The third-order valence-electron chi connectivity index (χ3n) is 4.50. The maximum atomic E-state index is 5.92. The number of halogens is 1. The van der Waals surface area contributed by atoms with Crippen molar-refractivity contribution >= 4 is 29.9 Å². The van der Waals surface area contributed by atoms with E-state index in [0.29, 0.717) is 5.92 Å². The highest BCUT2D eigenvalue weighted by Crippen LogP contribution is 2.15. The van der Waals surface area contributed by atoms with Gasteiger partial charge in [0.05, 0.1) is 12.7 Å². The van der Waals surface area contributed by atoms with E-state index in [1.165, 1.54) is 12.8 Å². The van der Waals surface area contributed by atoms with Crippen LogP contribution in [0.5, 0.6) is 0 Å². The zero-order chi connectivity index (χ0) is 15.9. The monoisotopic (exact) mass is 438 g/mol. The molecule has 2 saturated heterocycles. The Labute approximate surface area is 159 Å². The van der Waals surface area contributed by atoms with E-state index in [-0.39, 0.29) is 30.1 Å². The lowest BCUT2D eigenvalue weighted by Gasteiger charge is -2.36. The standard InChI is InChI=1S/C17H34N4O.HI/c1-14(2)11-20-8-9-22-16(13-20)10-19-17(18-4)21-7-5-6-15(3)12-21;/h14-16H,5-13H2,1-4H3,(H,18,19);1H. The first-order valence-corrected chi connectivity index (χ1v) is 8.88. The van der Waals surface area contributed by atoms with Crippen molar-refractivity contribution in [2.45, 2.75) is 39.7 Å². The Morgan fingerprint density at radius 3 is 2.74 bits per heavy atom. The van der Waals surface area contributed by atoms with Gasteiger partial charge in [-0.3, -0.25) is 9.89 Å². The molecule has 136 valence electrons. The van der Waals surface area contributed by atoms with E-state index in [9.17, 15) is 0 Å². The van der Waals surface area contributed by atoms with Crippen molar-refractivity contribution < 1.29 is 4.74 Å². The first kappa shape index (κ1) is 21.0. The van der Waals surface area contributed by atoms with E-state index in [2.05, 4.69) is 40.9 Å². The van der Waals surface area contributed by atoms with Gasteiger partial charge in [0.2, 0.25) is 0 Å². The Kier molecular flexibility index (Phi) is 9.77. The summed E-state index contributed by atoms with van der Waals surface area (Å²) in [6, 6.07) is 0. The van der Waals surface area contributed by atoms with Gasteiger partial charge < -0.3 is 15.0 Å². The molecule has 2 fully saturated rings. The predicted octanol–water partition coefficient (Wildman–Crippen LogP) is 2.27. The highest BCUT2D eigenvalue weighted by Gasteiger charge is 2.23. The minimum atomic E-state index is 0. The van der Waals surface area contributed by atoms with Crippen molar-refractivity contribution in [3.8, 4) is 0 Å². The van der Waals surface area contributed by atoms with Gasteiger partial charge in [0.1, 0.15) is 0 Å². The Balaban J connectivity index is 0.00000264. The predicted molar refractivity (Wildman–Crippen MR) is 108 cm³/mol. The van der Waals surface area contributed by atoms with Gasteiger partial charge in [-0.25, -0.2) is 0 Å². The highest BCUT2D eigenvalue weighted by molar-refractivity contribution is 14.0. The smallest absolute Gasteiger partial charge is 0.193 e. The molecule has 2 aliphatic rings. The Morgan fingerprint density at radius 2 is 2.09 bits per heavy atom. The summed E-state index contributed by atoms with van der Waals surface area (Å²) < 4.78 is 5.92. The van der Waals surface area contributed by atoms with E-state index < -0.39 is 0 Å². The van der Waals surface area contributed by atoms with E-state index in [1.54, 1.807) is 0 Å². The fourth-order valence-electron chi connectivity index (χ4n) is 3.51. The molecule has 0 aromatic carbocycles. The van der Waals surface area contributed by atoms with E-state index >= 15 is 0 Å². The summed E-state index contributed by atoms with van der Waals surface area (Å²) in [5.74, 6) is 2.52. The summed E-state index contributed by atoms with van der Waals surface area (Å²) in [5.41, 5.74) is 0. The molecule has 2 heterocycles. The average Bonchev–Trinajstić information content (AvgIpc) is 2.48. The third-order valence-corrected chi connectivity index (χ3v) is 4.50. The summed E-state index contributed by atoms with van der Waals surface area (Å²) in [7, 11) is 1.88. The molecule has 0 bridgehead atoms. The number of piperidine rings is 1. The van der Waals surface area contributed by atoms with Gasteiger partial charge in [0.25, 0.3) is 0 Å². The van der Waals surface area contributed by atoms with Crippen LogP contribution in [0.4, 0.5) is 0 Å². The van der Waals surface area contributed by atoms with Crippen LogP contribution in [0.15, 0.2) is 4.99 Å². The highest BCUT2D eigenvalue weighted by atomic mass is 127. The van der Waals surface area contributed by atoms with Crippen molar-refractivity contribution in [3.63, 3.8) is 0 Å². The largest absolute Gasteiger partial charge is 0.374 e. The molecule has 0 spiro atoms. The number of nitrogens with one attached hydrogen (secondary N) is 1. The zero-order valence-electron chi connectivity index (χ0n) is 15.3.